The van der Waals surface area contributed by atoms with Crippen molar-refractivity contribution in [2.75, 3.05) is 6.61 Å². The van der Waals surface area contributed by atoms with E-state index in [-0.39, 0.29) is 17.8 Å². The average molecular weight is 206 g/mol. The van der Waals surface area contributed by atoms with Crippen molar-refractivity contribution >= 4 is 5.97 Å². The van der Waals surface area contributed by atoms with Gasteiger partial charge in [-0.2, -0.15) is 10.2 Å². The molecule has 1 aliphatic rings. The topological polar surface area (TPSA) is 52.1 Å². The van der Waals surface area contributed by atoms with Gasteiger partial charge in [0.1, 0.15) is 0 Å². The highest BCUT2D eigenvalue weighted by Gasteiger charge is 2.46. The van der Waals surface area contributed by atoms with Crippen molar-refractivity contribution in [3.63, 3.8) is 0 Å². The van der Waals surface area contributed by atoms with Crippen molar-refractivity contribution in [3.05, 3.63) is 23.5 Å². The van der Waals surface area contributed by atoms with Gasteiger partial charge >= 0.3 is 5.97 Å². The normalized spacial score (nSPS) is 23.6. The van der Waals surface area contributed by atoms with Crippen LogP contribution in [0, 0.1) is 12.8 Å². The fraction of sp³-hybridized carbons (Fsp3) is 0.545. The molecular weight excluding hydrogens is 192 g/mol. The second-order valence-electron chi connectivity index (χ2n) is 3.80. The summed E-state index contributed by atoms with van der Waals surface area (Å²) in [7, 11) is 0. The highest BCUT2D eigenvalue weighted by Crippen LogP contribution is 2.47. The molecular formula is C11H14N2O2. The average Bonchev–Trinajstić information content (AvgIpc) is 2.99. The fourth-order valence-electron chi connectivity index (χ4n) is 1.64. The zero-order valence-corrected chi connectivity index (χ0v) is 8.93. The molecule has 0 amide bonds. The molecule has 1 aromatic rings. The number of ether oxygens (including phenoxy) is 1. The SMILES string of the molecule is CCOC(=O)C1CC1c1ccc(C)nn1. The summed E-state index contributed by atoms with van der Waals surface area (Å²) in [6.07, 6.45) is 0.844. The second kappa shape index (κ2) is 3.96. The third-order valence-electron chi connectivity index (χ3n) is 2.58. The van der Waals surface area contributed by atoms with Crippen molar-refractivity contribution in [3.8, 4) is 0 Å². The van der Waals surface area contributed by atoms with Crippen LogP contribution in [0.1, 0.15) is 30.7 Å². The van der Waals surface area contributed by atoms with Crippen molar-refractivity contribution < 1.29 is 9.53 Å². The maximum absolute atomic E-state index is 11.4. The molecule has 1 heterocycles. The van der Waals surface area contributed by atoms with Crippen LogP contribution < -0.4 is 0 Å². The van der Waals surface area contributed by atoms with E-state index >= 15 is 0 Å². The number of carbonyl (C=O) groups is 1. The van der Waals surface area contributed by atoms with Crippen LogP contribution in [0.4, 0.5) is 0 Å². The molecule has 2 atom stereocenters. The van der Waals surface area contributed by atoms with Gasteiger partial charge in [0.25, 0.3) is 0 Å². The van der Waals surface area contributed by atoms with Crippen LogP contribution in [0.2, 0.25) is 0 Å². The van der Waals surface area contributed by atoms with Gasteiger partial charge in [0.2, 0.25) is 0 Å². The van der Waals surface area contributed by atoms with Crippen LogP contribution in [0.15, 0.2) is 12.1 Å². The number of esters is 1. The first-order valence-electron chi connectivity index (χ1n) is 5.19. The zero-order chi connectivity index (χ0) is 10.8. The van der Waals surface area contributed by atoms with Gasteiger partial charge in [0.15, 0.2) is 0 Å². The molecule has 0 N–H and O–H groups in total. The van der Waals surface area contributed by atoms with Gasteiger partial charge in [0.05, 0.1) is 23.9 Å². The van der Waals surface area contributed by atoms with Crippen LogP contribution in [0.5, 0.6) is 0 Å². The summed E-state index contributed by atoms with van der Waals surface area (Å²) in [5.74, 6) is 0.115. The Morgan fingerprint density at radius 3 is 2.93 bits per heavy atom. The lowest BCUT2D eigenvalue weighted by atomic mass is 10.2. The Kier molecular flexibility index (Phi) is 2.66. The molecule has 0 spiro atoms. The summed E-state index contributed by atoms with van der Waals surface area (Å²) in [5, 5.41) is 8.05. The highest BCUT2D eigenvalue weighted by molar-refractivity contribution is 5.77. The highest BCUT2D eigenvalue weighted by atomic mass is 16.5. The van der Waals surface area contributed by atoms with Crippen LogP contribution in [0.25, 0.3) is 0 Å². The van der Waals surface area contributed by atoms with E-state index in [1.165, 1.54) is 0 Å². The molecule has 80 valence electrons. The van der Waals surface area contributed by atoms with Crippen molar-refractivity contribution in [2.24, 2.45) is 5.92 Å². The molecule has 1 saturated carbocycles. The standard InChI is InChI=1S/C11H14N2O2/c1-3-15-11(14)9-6-8(9)10-5-4-7(2)12-13-10/h4-5,8-9H,3,6H2,1-2H3. The van der Waals surface area contributed by atoms with Gasteiger partial charge in [-0.1, -0.05) is 0 Å². The molecule has 15 heavy (non-hydrogen) atoms. The molecule has 0 aromatic carbocycles. The van der Waals surface area contributed by atoms with Crippen LogP contribution in [-0.2, 0) is 9.53 Å². The largest absolute Gasteiger partial charge is 0.466 e. The van der Waals surface area contributed by atoms with E-state index in [1.807, 2.05) is 26.0 Å². The Morgan fingerprint density at radius 2 is 2.33 bits per heavy atom. The number of hydrogen-bond donors (Lipinski definition) is 0. The quantitative estimate of drug-likeness (QED) is 0.702. The summed E-state index contributed by atoms with van der Waals surface area (Å²) in [4.78, 5) is 11.4. The summed E-state index contributed by atoms with van der Waals surface area (Å²) < 4.78 is 4.95. The summed E-state index contributed by atoms with van der Waals surface area (Å²) in [6.45, 7) is 4.16. The lowest BCUT2D eigenvalue weighted by Crippen LogP contribution is -2.07. The third kappa shape index (κ3) is 2.14. The number of nitrogens with zero attached hydrogens (tertiary/aromatic N) is 2. The number of carbonyl (C=O) groups excluding carboxylic acids is 1. The van der Waals surface area contributed by atoms with Gasteiger partial charge in [-0.3, -0.25) is 4.79 Å². The molecule has 0 saturated heterocycles. The first kappa shape index (κ1) is 10.1. The van der Waals surface area contributed by atoms with Crippen molar-refractivity contribution in [1.82, 2.24) is 10.2 Å². The summed E-state index contributed by atoms with van der Waals surface area (Å²) in [6, 6.07) is 3.86. The number of rotatable bonds is 3. The van der Waals surface area contributed by atoms with E-state index in [0.717, 1.165) is 17.8 Å². The summed E-state index contributed by atoms with van der Waals surface area (Å²) >= 11 is 0. The van der Waals surface area contributed by atoms with Gasteiger partial charge in [-0.15, -0.1) is 0 Å². The predicted molar refractivity (Wildman–Crippen MR) is 54.3 cm³/mol. The van der Waals surface area contributed by atoms with Gasteiger partial charge < -0.3 is 4.74 Å². The molecule has 4 nitrogen and oxygen atoms in total. The van der Waals surface area contributed by atoms with Crippen LogP contribution in [0.3, 0.4) is 0 Å². The zero-order valence-electron chi connectivity index (χ0n) is 8.93. The predicted octanol–water partition coefficient (Wildman–Crippen LogP) is 1.45. The Bertz CT molecular complexity index is 361. The monoisotopic (exact) mass is 206 g/mol. The number of hydrogen-bond acceptors (Lipinski definition) is 4. The Balaban J connectivity index is 1.98. The third-order valence-corrected chi connectivity index (χ3v) is 2.58. The number of aryl methyl sites for hydroxylation is 1. The van der Waals surface area contributed by atoms with E-state index in [2.05, 4.69) is 10.2 Å². The molecule has 0 radical (unpaired) electrons. The van der Waals surface area contributed by atoms with E-state index in [9.17, 15) is 4.79 Å². The summed E-state index contributed by atoms with van der Waals surface area (Å²) in [5.41, 5.74) is 1.80. The Morgan fingerprint density at radius 1 is 1.53 bits per heavy atom. The second-order valence-corrected chi connectivity index (χ2v) is 3.80. The Labute approximate surface area is 88.7 Å². The smallest absolute Gasteiger partial charge is 0.309 e. The minimum atomic E-state index is -0.107. The molecule has 4 heteroatoms. The first-order chi connectivity index (χ1) is 7.22. The van der Waals surface area contributed by atoms with E-state index < -0.39 is 0 Å². The molecule has 0 aliphatic heterocycles. The molecule has 1 fully saturated rings. The first-order valence-corrected chi connectivity index (χ1v) is 5.19. The van der Waals surface area contributed by atoms with Crippen LogP contribution in [-0.4, -0.2) is 22.8 Å². The van der Waals surface area contributed by atoms with Gasteiger partial charge in [-0.05, 0) is 32.4 Å². The molecule has 0 bridgehead atoms. The van der Waals surface area contributed by atoms with Crippen LogP contribution >= 0.6 is 0 Å². The maximum Gasteiger partial charge on any atom is 0.309 e. The Hall–Kier alpha value is -1.45. The van der Waals surface area contributed by atoms with E-state index in [0.29, 0.717) is 6.61 Å². The van der Waals surface area contributed by atoms with E-state index in [4.69, 9.17) is 4.74 Å². The minimum absolute atomic E-state index is 0.00181. The van der Waals surface area contributed by atoms with Crippen molar-refractivity contribution in [1.29, 1.82) is 0 Å². The minimum Gasteiger partial charge on any atom is -0.466 e. The maximum atomic E-state index is 11.4. The lowest BCUT2D eigenvalue weighted by Gasteiger charge is -2.00. The molecule has 1 aromatic heterocycles. The molecule has 1 aliphatic carbocycles. The molecule has 2 unspecified atom stereocenters. The van der Waals surface area contributed by atoms with Gasteiger partial charge in [-0.25, -0.2) is 0 Å². The molecule has 2 rings (SSSR count). The number of aromatic nitrogens is 2. The fourth-order valence-corrected chi connectivity index (χ4v) is 1.64. The van der Waals surface area contributed by atoms with Crippen molar-refractivity contribution in [2.45, 2.75) is 26.2 Å². The lowest BCUT2D eigenvalue weighted by molar-refractivity contribution is -0.144. The van der Waals surface area contributed by atoms with Gasteiger partial charge in [0, 0.05) is 5.92 Å². The van der Waals surface area contributed by atoms with E-state index in [1.54, 1.807) is 0 Å².